The van der Waals surface area contributed by atoms with E-state index in [0.29, 0.717) is 26.2 Å². The molecule has 0 aromatic carbocycles. The molecule has 10 heteroatoms. The third kappa shape index (κ3) is 3.81. The third-order valence-corrected chi connectivity index (χ3v) is 4.53. The normalized spacial score (nSPS) is 21.3. The van der Waals surface area contributed by atoms with Crippen molar-refractivity contribution in [3.05, 3.63) is 27.3 Å². The second kappa shape index (κ2) is 7.26. The number of nitrogens with zero attached hydrogens (tertiary/aromatic N) is 2. The van der Waals surface area contributed by atoms with Crippen molar-refractivity contribution in [1.29, 1.82) is 0 Å². The Kier molecular flexibility index (Phi) is 5.11. The average molecular weight is 358 g/mol. The highest BCUT2D eigenvalue weighted by Crippen LogP contribution is 2.21. The van der Waals surface area contributed by atoms with Gasteiger partial charge in [0, 0.05) is 12.0 Å². The van der Waals surface area contributed by atoms with Gasteiger partial charge in [-0.3, -0.25) is 9.89 Å². The van der Waals surface area contributed by atoms with E-state index in [0.717, 1.165) is 5.69 Å². The van der Waals surface area contributed by atoms with Crippen LogP contribution in [0.4, 0.5) is 5.82 Å². The molecular weight excluding hydrogens is 342 g/mol. The minimum Gasteiger partial charge on any atom is -0.381 e. The van der Waals surface area contributed by atoms with Gasteiger partial charge in [0.2, 0.25) is 0 Å². The zero-order chi connectivity index (χ0) is 16.2. The molecule has 1 amide bonds. The van der Waals surface area contributed by atoms with Crippen molar-refractivity contribution in [1.82, 2.24) is 20.5 Å². The van der Waals surface area contributed by atoms with Gasteiger partial charge < -0.3 is 20.5 Å². The Morgan fingerprint density at radius 1 is 1.65 bits per heavy atom. The number of nitrogens with one attached hydrogen (secondary N) is 2. The van der Waals surface area contributed by atoms with Crippen molar-refractivity contribution in [3.8, 4) is 0 Å². The van der Waals surface area contributed by atoms with Gasteiger partial charge in [0.25, 0.3) is 5.91 Å². The molecule has 2 aromatic heterocycles. The Labute approximate surface area is 141 Å². The molecule has 3 heterocycles. The fourth-order valence-corrected chi connectivity index (χ4v) is 2.99. The van der Waals surface area contributed by atoms with Gasteiger partial charge in [0.05, 0.1) is 30.5 Å². The maximum Gasteiger partial charge on any atom is 0.271 e. The molecule has 1 aliphatic rings. The van der Waals surface area contributed by atoms with Gasteiger partial charge >= 0.3 is 0 Å². The summed E-state index contributed by atoms with van der Waals surface area (Å²) in [5.41, 5.74) is 8.29. The summed E-state index contributed by atoms with van der Waals surface area (Å²) in [5.74, 6) is -0.270. The molecule has 2 atom stereocenters. The van der Waals surface area contributed by atoms with E-state index in [1.165, 1.54) is 11.3 Å². The first kappa shape index (κ1) is 16.2. The van der Waals surface area contributed by atoms with E-state index in [9.17, 15) is 4.79 Å². The second-order valence-electron chi connectivity index (χ2n) is 5.07. The fraction of sp³-hybridized carbons (Fsp3) is 0.462. The van der Waals surface area contributed by atoms with E-state index in [-0.39, 0.29) is 34.6 Å². The summed E-state index contributed by atoms with van der Waals surface area (Å²) in [6, 6.07) is -0.185. The fourth-order valence-electron chi connectivity index (χ4n) is 2.28. The standard InChI is InChI=1S/C13H16ClN5O3S/c14-10-11(18-19-12(10)15)13(20)17-8-1-2-21-4-9(8)22-3-7-5-23-6-16-7/h5-6,8-9H,1-4H2,(H,17,20)(H3,15,18,19)/t8-,9-/m1/s1. The summed E-state index contributed by atoms with van der Waals surface area (Å²) < 4.78 is 11.3. The molecular formula is C13H16ClN5O3S. The lowest BCUT2D eigenvalue weighted by molar-refractivity contribution is -0.0742. The van der Waals surface area contributed by atoms with Crippen LogP contribution in [0, 0.1) is 0 Å². The molecule has 1 fully saturated rings. The molecule has 3 rings (SSSR count). The summed E-state index contributed by atoms with van der Waals surface area (Å²) in [6.07, 6.45) is 0.391. The zero-order valence-electron chi connectivity index (χ0n) is 12.1. The van der Waals surface area contributed by atoms with Crippen molar-refractivity contribution in [2.45, 2.75) is 25.2 Å². The van der Waals surface area contributed by atoms with Crippen molar-refractivity contribution in [2.24, 2.45) is 0 Å². The monoisotopic (exact) mass is 357 g/mol. The van der Waals surface area contributed by atoms with Crippen molar-refractivity contribution in [3.63, 3.8) is 0 Å². The number of halogens is 1. The van der Waals surface area contributed by atoms with Gasteiger partial charge in [-0.25, -0.2) is 4.98 Å². The van der Waals surface area contributed by atoms with Gasteiger partial charge in [-0.2, -0.15) is 5.10 Å². The Morgan fingerprint density at radius 2 is 2.52 bits per heavy atom. The quantitative estimate of drug-likeness (QED) is 0.740. The number of H-pyrrole nitrogens is 1. The lowest BCUT2D eigenvalue weighted by Crippen LogP contribution is -2.50. The highest BCUT2D eigenvalue weighted by atomic mass is 35.5. The number of rotatable bonds is 5. The molecule has 1 aliphatic heterocycles. The molecule has 0 unspecified atom stereocenters. The van der Waals surface area contributed by atoms with Crippen LogP contribution >= 0.6 is 22.9 Å². The summed E-state index contributed by atoms with van der Waals surface area (Å²) >= 11 is 7.45. The van der Waals surface area contributed by atoms with Crippen LogP contribution in [-0.2, 0) is 16.1 Å². The van der Waals surface area contributed by atoms with Gasteiger partial charge in [-0.15, -0.1) is 11.3 Å². The van der Waals surface area contributed by atoms with Crippen LogP contribution in [0.2, 0.25) is 5.02 Å². The van der Waals surface area contributed by atoms with Crippen LogP contribution in [0.1, 0.15) is 22.6 Å². The Balaban J connectivity index is 1.61. The van der Waals surface area contributed by atoms with E-state index in [1.807, 2.05) is 5.38 Å². The van der Waals surface area contributed by atoms with E-state index in [2.05, 4.69) is 20.5 Å². The van der Waals surface area contributed by atoms with Crippen molar-refractivity contribution >= 4 is 34.7 Å². The average Bonchev–Trinajstić information content (AvgIpc) is 3.17. The number of nitrogens with two attached hydrogens (primary N) is 1. The Morgan fingerprint density at radius 3 is 3.22 bits per heavy atom. The second-order valence-corrected chi connectivity index (χ2v) is 6.17. The first-order chi connectivity index (χ1) is 11.1. The summed E-state index contributed by atoms with van der Waals surface area (Å²) in [7, 11) is 0. The van der Waals surface area contributed by atoms with Crippen molar-refractivity contribution < 1.29 is 14.3 Å². The van der Waals surface area contributed by atoms with Crippen LogP contribution in [0.5, 0.6) is 0 Å². The number of anilines is 1. The molecule has 0 bridgehead atoms. The third-order valence-electron chi connectivity index (χ3n) is 3.51. The first-order valence-corrected chi connectivity index (χ1v) is 8.34. The molecule has 0 aliphatic carbocycles. The molecule has 23 heavy (non-hydrogen) atoms. The summed E-state index contributed by atoms with van der Waals surface area (Å²) in [5, 5.41) is 11.2. The molecule has 8 nitrogen and oxygen atoms in total. The number of hydrogen-bond donors (Lipinski definition) is 3. The van der Waals surface area contributed by atoms with Gasteiger partial charge in [-0.05, 0) is 6.42 Å². The Hall–Kier alpha value is -1.68. The predicted molar refractivity (Wildman–Crippen MR) is 85.4 cm³/mol. The minimum absolute atomic E-state index is 0.0973. The lowest BCUT2D eigenvalue weighted by atomic mass is 10.1. The van der Waals surface area contributed by atoms with Crippen LogP contribution in [0.3, 0.4) is 0 Å². The first-order valence-electron chi connectivity index (χ1n) is 7.01. The maximum atomic E-state index is 12.3. The Bertz CT molecular complexity index is 663. The molecule has 0 radical (unpaired) electrons. The van der Waals surface area contributed by atoms with Crippen LogP contribution < -0.4 is 11.1 Å². The highest BCUT2D eigenvalue weighted by Gasteiger charge is 2.29. The van der Waals surface area contributed by atoms with E-state index in [4.69, 9.17) is 26.8 Å². The number of amides is 1. The van der Waals surface area contributed by atoms with Crippen LogP contribution in [0.15, 0.2) is 10.9 Å². The van der Waals surface area contributed by atoms with Gasteiger partial charge in [-0.1, -0.05) is 11.6 Å². The highest BCUT2D eigenvalue weighted by molar-refractivity contribution is 7.07. The predicted octanol–water partition coefficient (Wildman–Crippen LogP) is 1.21. The minimum atomic E-state index is -0.367. The number of carbonyl (C=O) groups is 1. The number of aromatic nitrogens is 3. The van der Waals surface area contributed by atoms with Gasteiger partial charge in [0.1, 0.15) is 16.8 Å². The number of thiazole rings is 1. The number of nitrogen functional groups attached to an aromatic ring is 1. The molecule has 0 spiro atoms. The lowest BCUT2D eigenvalue weighted by Gasteiger charge is -2.31. The number of carbonyl (C=O) groups excluding carboxylic acids is 1. The number of hydrogen-bond acceptors (Lipinski definition) is 7. The maximum absolute atomic E-state index is 12.3. The largest absolute Gasteiger partial charge is 0.381 e. The zero-order valence-corrected chi connectivity index (χ0v) is 13.7. The van der Waals surface area contributed by atoms with E-state index < -0.39 is 0 Å². The summed E-state index contributed by atoms with van der Waals surface area (Å²) in [4.78, 5) is 16.5. The number of aromatic amines is 1. The SMILES string of the molecule is Nc1n[nH]c(C(=O)N[C@@H]2CCOC[C@H]2OCc2cscn2)c1Cl. The summed E-state index contributed by atoms with van der Waals surface area (Å²) in [6.45, 7) is 1.34. The van der Waals surface area contributed by atoms with Crippen LogP contribution in [-0.4, -0.2) is 46.4 Å². The van der Waals surface area contributed by atoms with E-state index in [1.54, 1.807) is 5.51 Å². The smallest absolute Gasteiger partial charge is 0.271 e. The molecule has 0 saturated carbocycles. The van der Waals surface area contributed by atoms with Crippen LogP contribution in [0.25, 0.3) is 0 Å². The topological polar surface area (TPSA) is 115 Å². The van der Waals surface area contributed by atoms with Crippen molar-refractivity contribution in [2.75, 3.05) is 18.9 Å². The molecule has 4 N–H and O–H groups in total. The van der Waals surface area contributed by atoms with Gasteiger partial charge in [0.15, 0.2) is 5.82 Å². The number of ether oxygens (including phenoxy) is 2. The molecule has 1 saturated heterocycles. The van der Waals surface area contributed by atoms with E-state index >= 15 is 0 Å². The molecule has 2 aromatic rings. The molecule has 124 valence electrons.